The summed E-state index contributed by atoms with van der Waals surface area (Å²) < 4.78 is 26.5. The standard InChI is InChI=1S/C13H20N2O5S/c1-9(2)14(5-6-16)21(19,20)13-8-12(15(17)18)7-10(3)11(13)4/h7-9,16H,5-6H2,1-4H3. The van der Waals surface area contributed by atoms with Crippen molar-refractivity contribution in [2.75, 3.05) is 13.2 Å². The molecule has 0 saturated heterocycles. The number of aliphatic hydroxyl groups is 1. The lowest BCUT2D eigenvalue weighted by molar-refractivity contribution is -0.385. The molecule has 0 aliphatic heterocycles. The maximum Gasteiger partial charge on any atom is 0.271 e. The van der Waals surface area contributed by atoms with Gasteiger partial charge in [0.25, 0.3) is 5.69 Å². The van der Waals surface area contributed by atoms with Crippen LogP contribution in [0.4, 0.5) is 5.69 Å². The van der Waals surface area contributed by atoms with Crippen LogP contribution in [0, 0.1) is 24.0 Å². The number of hydrogen-bond donors (Lipinski definition) is 1. The minimum absolute atomic E-state index is 0.0544. The van der Waals surface area contributed by atoms with Crippen LogP contribution < -0.4 is 0 Å². The molecule has 7 nitrogen and oxygen atoms in total. The van der Waals surface area contributed by atoms with Crippen molar-refractivity contribution in [3.63, 3.8) is 0 Å². The zero-order valence-corrected chi connectivity index (χ0v) is 13.3. The van der Waals surface area contributed by atoms with E-state index in [1.165, 1.54) is 6.07 Å². The number of non-ortho nitro benzene ring substituents is 1. The summed E-state index contributed by atoms with van der Waals surface area (Å²) in [5.41, 5.74) is 0.754. The molecule has 0 fully saturated rings. The maximum absolute atomic E-state index is 12.7. The number of aliphatic hydroxyl groups excluding tert-OH is 1. The van der Waals surface area contributed by atoms with Crippen molar-refractivity contribution < 1.29 is 18.4 Å². The Morgan fingerprint density at radius 2 is 1.90 bits per heavy atom. The highest BCUT2D eigenvalue weighted by Crippen LogP contribution is 2.28. The average Bonchev–Trinajstić information content (AvgIpc) is 2.37. The average molecular weight is 316 g/mol. The molecule has 1 aromatic carbocycles. The van der Waals surface area contributed by atoms with E-state index in [1.807, 2.05) is 0 Å². The van der Waals surface area contributed by atoms with E-state index < -0.39 is 14.9 Å². The fourth-order valence-electron chi connectivity index (χ4n) is 2.06. The minimum atomic E-state index is -3.90. The van der Waals surface area contributed by atoms with Crippen molar-refractivity contribution in [1.82, 2.24) is 4.31 Å². The third-order valence-electron chi connectivity index (χ3n) is 3.30. The van der Waals surface area contributed by atoms with E-state index in [-0.39, 0.29) is 29.8 Å². The molecule has 0 aliphatic carbocycles. The van der Waals surface area contributed by atoms with Crippen molar-refractivity contribution in [3.8, 4) is 0 Å². The van der Waals surface area contributed by atoms with E-state index in [2.05, 4.69) is 0 Å². The van der Waals surface area contributed by atoms with Gasteiger partial charge in [-0.3, -0.25) is 10.1 Å². The number of sulfonamides is 1. The summed E-state index contributed by atoms with van der Waals surface area (Å²) in [4.78, 5) is 10.2. The fourth-order valence-corrected chi connectivity index (χ4v) is 4.01. The summed E-state index contributed by atoms with van der Waals surface area (Å²) in [7, 11) is -3.90. The van der Waals surface area contributed by atoms with Gasteiger partial charge < -0.3 is 5.11 Å². The van der Waals surface area contributed by atoms with Crippen LogP contribution in [0.3, 0.4) is 0 Å². The lowest BCUT2D eigenvalue weighted by Gasteiger charge is -2.26. The van der Waals surface area contributed by atoms with Gasteiger partial charge in [-0.2, -0.15) is 4.31 Å². The lowest BCUT2D eigenvalue weighted by Crippen LogP contribution is -2.39. The van der Waals surface area contributed by atoms with Gasteiger partial charge in [-0.05, 0) is 38.8 Å². The Balaban J connectivity index is 3.53. The molecule has 0 aromatic heterocycles. The molecule has 0 saturated carbocycles. The normalized spacial score (nSPS) is 12.1. The van der Waals surface area contributed by atoms with Crippen LogP contribution >= 0.6 is 0 Å². The largest absolute Gasteiger partial charge is 0.395 e. The quantitative estimate of drug-likeness (QED) is 0.634. The third-order valence-corrected chi connectivity index (χ3v) is 5.50. The first-order chi connectivity index (χ1) is 9.62. The summed E-state index contributed by atoms with van der Waals surface area (Å²) in [6.07, 6.45) is 0. The number of nitrogens with zero attached hydrogens (tertiary/aromatic N) is 2. The number of nitro benzene ring substituents is 1. The monoisotopic (exact) mass is 316 g/mol. The molecular weight excluding hydrogens is 296 g/mol. The molecule has 0 heterocycles. The van der Waals surface area contributed by atoms with Gasteiger partial charge in [0.15, 0.2) is 0 Å². The Kier molecular flexibility index (Phi) is 5.43. The second-order valence-corrected chi connectivity index (χ2v) is 6.94. The van der Waals surface area contributed by atoms with Crippen molar-refractivity contribution >= 4 is 15.7 Å². The van der Waals surface area contributed by atoms with E-state index in [9.17, 15) is 18.5 Å². The van der Waals surface area contributed by atoms with Crippen LogP contribution in [-0.2, 0) is 10.0 Å². The Morgan fingerprint density at radius 1 is 1.33 bits per heavy atom. The van der Waals surface area contributed by atoms with Crippen LogP contribution in [0.1, 0.15) is 25.0 Å². The van der Waals surface area contributed by atoms with Crippen molar-refractivity contribution in [1.29, 1.82) is 0 Å². The van der Waals surface area contributed by atoms with Crippen molar-refractivity contribution in [2.45, 2.75) is 38.6 Å². The summed E-state index contributed by atoms with van der Waals surface area (Å²) in [5, 5.41) is 20.0. The van der Waals surface area contributed by atoms with Gasteiger partial charge in [0.2, 0.25) is 10.0 Å². The molecule has 8 heteroatoms. The summed E-state index contributed by atoms with van der Waals surface area (Å²) in [5.74, 6) is 0. The highest BCUT2D eigenvalue weighted by Gasteiger charge is 2.30. The molecular formula is C13H20N2O5S. The van der Waals surface area contributed by atoms with E-state index in [0.717, 1.165) is 10.4 Å². The van der Waals surface area contributed by atoms with Crippen LogP contribution in [0.2, 0.25) is 0 Å². The zero-order chi connectivity index (χ0) is 16.4. The topological polar surface area (TPSA) is 101 Å². The molecule has 0 atom stereocenters. The van der Waals surface area contributed by atoms with Gasteiger partial charge in [0.1, 0.15) is 0 Å². The van der Waals surface area contributed by atoms with E-state index in [0.29, 0.717) is 11.1 Å². The van der Waals surface area contributed by atoms with E-state index >= 15 is 0 Å². The molecule has 1 rings (SSSR count). The van der Waals surface area contributed by atoms with Crippen molar-refractivity contribution in [3.05, 3.63) is 33.4 Å². The van der Waals surface area contributed by atoms with Crippen LogP contribution in [0.5, 0.6) is 0 Å². The second-order valence-electron chi connectivity index (χ2n) is 5.08. The molecule has 0 radical (unpaired) electrons. The van der Waals surface area contributed by atoms with Crippen LogP contribution in [-0.4, -0.2) is 41.9 Å². The Hall–Kier alpha value is -1.51. The van der Waals surface area contributed by atoms with Gasteiger partial charge in [0.05, 0.1) is 16.4 Å². The number of nitro groups is 1. The predicted octanol–water partition coefficient (Wildman–Crippen LogP) is 1.60. The van der Waals surface area contributed by atoms with Gasteiger partial charge in [-0.1, -0.05) is 0 Å². The Labute approximate surface area is 124 Å². The smallest absolute Gasteiger partial charge is 0.271 e. The Morgan fingerprint density at radius 3 is 2.33 bits per heavy atom. The first-order valence-corrected chi connectivity index (χ1v) is 7.95. The number of hydrogen-bond acceptors (Lipinski definition) is 5. The number of rotatable bonds is 6. The molecule has 21 heavy (non-hydrogen) atoms. The summed E-state index contributed by atoms with van der Waals surface area (Å²) >= 11 is 0. The molecule has 0 spiro atoms. The SMILES string of the molecule is Cc1cc([N+](=O)[O-])cc(S(=O)(=O)N(CCO)C(C)C)c1C. The van der Waals surface area contributed by atoms with Gasteiger partial charge in [0, 0.05) is 24.7 Å². The molecule has 1 N–H and O–H groups in total. The number of benzene rings is 1. The second kappa shape index (κ2) is 6.50. The zero-order valence-electron chi connectivity index (χ0n) is 12.5. The molecule has 0 unspecified atom stereocenters. The van der Waals surface area contributed by atoms with E-state index in [1.54, 1.807) is 27.7 Å². The van der Waals surface area contributed by atoms with Crippen LogP contribution in [0.25, 0.3) is 0 Å². The highest BCUT2D eigenvalue weighted by atomic mass is 32.2. The van der Waals surface area contributed by atoms with Gasteiger partial charge in [-0.15, -0.1) is 0 Å². The molecule has 1 aromatic rings. The Bertz CT molecular complexity index is 640. The van der Waals surface area contributed by atoms with E-state index in [4.69, 9.17) is 5.11 Å². The molecule has 0 amide bonds. The maximum atomic E-state index is 12.7. The number of aryl methyl sites for hydroxylation is 1. The first-order valence-electron chi connectivity index (χ1n) is 6.51. The highest BCUT2D eigenvalue weighted by molar-refractivity contribution is 7.89. The first kappa shape index (κ1) is 17.5. The van der Waals surface area contributed by atoms with Crippen LogP contribution in [0.15, 0.2) is 17.0 Å². The summed E-state index contributed by atoms with van der Waals surface area (Å²) in [6.45, 7) is 6.25. The minimum Gasteiger partial charge on any atom is -0.395 e. The van der Waals surface area contributed by atoms with Crippen molar-refractivity contribution in [2.24, 2.45) is 0 Å². The summed E-state index contributed by atoms with van der Waals surface area (Å²) in [6, 6.07) is 2.06. The molecule has 0 bridgehead atoms. The molecule has 0 aliphatic rings. The predicted molar refractivity (Wildman–Crippen MR) is 78.7 cm³/mol. The third kappa shape index (κ3) is 3.58. The van der Waals surface area contributed by atoms with Gasteiger partial charge in [-0.25, -0.2) is 8.42 Å². The van der Waals surface area contributed by atoms with Gasteiger partial charge >= 0.3 is 0 Å². The fraction of sp³-hybridized carbons (Fsp3) is 0.538. The lowest BCUT2D eigenvalue weighted by atomic mass is 10.1. The molecule has 118 valence electrons.